The van der Waals surface area contributed by atoms with Gasteiger partial charge in [-0.1, -0.05) is 72.8 Å². The van der Waals surface area contributed by atoms with Crippen LogP contribution < -0.4 is 0 Å². The van der Waals surface area contributed by atoms with Gasteiger partial charge >= 0.3 is 0 Å². The van der Waals surface area contributed by atoms with Gasteiger partial charge in [0.25, 0.3) is 0 Å². The second kappa shape index (κ2) is 6.17. The molecule has 2 aromatic heterocycles. The number of imidazole rings is 1. The molecule has 35 heavy (non-hydrogen) atoms. The maximum atomic E-state index is 5.12. The minimum atomic E-state index is 0.970. The van der Waals surface area contributed by atoms with Gasteiger partial charge in [0.05, 0.1) is 16.6 Å². The van der Waals surface area contributed by atoms with Gasteiger partial charge in [-0.15, -0.1) is 0 Å². The van der Waals surface area contributed by atoms with Crippen molar-refractivity contribution < 1.29 is 0 Å². The Labute approximate surface area is 202 Å². The summed E-state index contributed by atoms with van der Waals surface area (Å²) in [7, 11) is 0. The van der Waals surface area contributed by atoms with Crippen molar-refractivity contribution in [1.82, 2.24) is 9.38 Å². The number of hydrogen-bond donors (Lipinski definition) is 0. The number of benzene rings is 5. The van der Waals surface area contributed by atoms with E-state index in [1.807, 2.05) is 0 Å². The third kappa shape index (κ3) is 2.14. The van der Waals surface area contributed by atoms with Crippen molar-refractivity contribution in [3.63, 3.8) is 0 Å². The third-order valence-corrected chi connectivity index (χ3v) is 8.21. The Bertz CT molecular complexity index is 2060. The molecule has 0 bridgehead atoms. The van der Waals surface area contributed by atoms with Gasteiger partial charge < -0.3 is 0 Å². The number of pyridine rings is 1. The molecule has 5 aromatic carbocycles. The summed E-state index contributed by atoms with van der Waals surface area (Å²) >= 11 is 0. The first-order chi connectivity index (χ1) is 17.4. The lowest BCUT2D eigenvalue weighted by atomic mass is 9.92. The monoisotopic (exact) mass is 444 g/mol. The molecule has 0 fully saturated rings. The third-order valence-electron chi connectivity index (χ3n) is 8.21. The van der Waals surface area contributed by atoms with Gasteiger partial charge in [0, 0.05) is 10.8 Å². The van der Waals surface area contributed by atoms with Crippen LogP contribution in [0.4, 0.5) is 0 Å². The van der Waals surface area contributed by atoms with E-state index in [4.69, 9.17) is 4.98 Å². The summed E-state index contributed by atoms with van der Waals surface area (Å²) in [6.45, 7) is 0. The smallest absolute Gasteiger partial charge is 0.146 e. The SMILES string of the molecule is c1ccc2c(c1)Cc1ccc3c(c1-2)-c1ccc2c(c1C3)c1ccccc1n1c3ccccc3nc21. The maximum absolute atomic E-state index is 5.12. The fourth-order valence-electron chi connectivity index (χ4n) is 6.80. The zero-order chi connectivity index (χ0) is 22.7. The molecule has 0 atom stereocenters. The van der Waals surface area contributed by atoms with Gasteiger partial charge in [0.1, 0.15) is 5.65 Å². The van der Waals surface area contributed by atoms with Crippen LogP contribution in [0.2, 0.25) is 0 Å². The first-order valence-electron chi connectivity index (χ1n) is 12.3. The van der Waals surface area contributed by atoms with Crippen LogP contribution in [0.1, 0.15) is 22.3 Å². The maximum Gasteiger partial charge on any atom is 0.146 e. The average molecular weight is 445 g/mol. The van der Waals surface area contributed by atoms with Gasteiger partial charge in [-0.3, -0.25) is 4.40 Å². The van der Waals surface area contributed by atoms with E-state index in [2.05, 4.69) is 101 Å². The van der Waals surface area contributed by atoms with Gasteiger partial charge in [-0.05, 0) is 87.0 Å². The predicted octanol–water partition coefficient (Wildman–Crippen LogP) is 7.94. The molecule has 9 rings (SSSR count). The highest BCUT2D eigenvalue weighted by atomic mass is 15.0. The molecule has 2 heterocycles. The molecular weight excluding hydrogens is 424 g/mol. The Balaban J connectivity index is 1.45. The minimum absolute atomic E-state index is 0.970. The Hall–Kier alpha value is -4.43. The number of fused-ring (bicyclic) bond motifs is 16. The van der Waals surface area contributed by atoms with Gasteiger partial charge in [0.15, 0.2) is 0 Å². The first kappa shape index (κ1) is 18.0. The van der Waals surface area contributed by atoms with Crippen molar-refractivity contribution in [1.29, 1.82) is 0 Å². The Morgan fingerprint density at radius 2 is 1.29 bits per heavy atom. The number of aromatic nitrogens is 2. The normalized spacial score (nSPS) is 13.5. The van der Waals surface area contributed by atoms with Crippen molar-refractivity contribution in [2.45, 2.75) is 12.8 Å². The summed E-state index contributed by atoms with van der Waals surface area (Å²) in [5.41, 5.74) is 16.0. The van der Waals surface area contributed by atoms with Crippen LogP contribution in [-0.4, -0.2) is 9.38 Å². The van der Waals surface area contributed by atoms with Gasteiger partial charge in [-0.25, -0.2) is 4.98 Å². The standard InChI is InChI=1S/C33H20N2/c1-2-8-22-19(7-1)17-20-13-14-21-18-26-23(31(21)30(20)22)15-16-25-32(26)24-9-3-5-11-28(24)35-29-12-6-4-10-27(29)34-33(25)35/h1-16H,17-18H2. The largest absolute Gasteiger partial charge is 0.292 e. The van der Waals surface area contributed by atoms with Crippen molar-refractivity contribution in [2.24, 2.45) is 0 Å². The zero-order valence-corrected chi connectivity index (χ0v) is 19.0. The Morgan fingerprint density at radius 1 is 0.543 bits per heavy atom. The highest BCUT2D eigenvalue weighted by molar-refractivity contribution is 6.17. The van der Waals surface area contributed by atoms with Gasteiger partial charge in [-0.2, -0.15) is 0 Å². The molecule has 0 saturated carbocycles. The summed E-state index contributed by atoms with van der Waals surface area (Å²) in [6.07, 6.45) is 2.00. The van der Waals surface area contributed by atoms with E-state index >= 15 is 0 Å². The van der Waals surface area contributed by atoms with Crippen molar-refractivity contribution in [3.8, 4) is 22.3 Å². The predicted molar refractivity (Wildman–Crippen MR) is 144 cm³/mol. The Kier molecular flexibility index (Phi) is 3.16. The van der Waals surface area contributed by atoms with Crippen molar-refractivity contribution >= 4 is 38.4 Å². The highest BCUT2D eigenvalue weighted by Gasteiger charge is 2.30. The summed E-state index contributed by atoms with van der Waals surface area (Å²) in [4.78, 5) is 5.12. The molecular formula is C33H20N2. The van der Waals surface area contributed by atoms with Gasteiger partial charge in [0.2, 0.25) is 0 Å². The molecule has 2 aliphatic carbocycles. The van der Waals surface area contributed by atoms with Crippen LogP contribution in [0.25, 0.3) is 60.6 Å². The molecule has 0 unspecified atom stereocenters. The fraction of sp³-hybridized carbons (Fsp3) is 0.0606. The van der Waals surface area contributed by atoms with E-state index in [1.165, 1.54) is 71.7 Å². The molecule has 7 aromatic rings. The topological polar surface area (TPSA) is 17.3 Å². The molecule has 0 spiro atoms. The second-order valence-corrected chi connectivity index (χ2v) is 9.94. The summed E-state index contributed by atoms with van der Waals surface area (Å²) in [5.74, 6) is 0. The number of nitrogens with zero attached hydrogens (tertiary/aromatic N) is 2. The summed E-state index contributed by atoms with van der Waals surface area (Å²) < 4.78 is 2.34. The molecule has 0 amide bonds. The number of para-hydroxylation sites is 3. The molecule has 0 saturated heterocycles. The van der Waals surface area contributed by atoms with E-state index in [1.54, 1.807) is 0 Å². The van der Waals surface area contributed by atoms with Crippen LogP contribution >= 0.6 is 0 Å². The fourth-order valence-corrected chi connectivity index (χ4v) is 6.80. The van der Waals surface area contributed by atoms with Crippen LogP contribution in [0.3, 0.4) is 0 Å². The van der Waals surface area contributed by atoms with Crippen molar-refractivity contribution in [3.05, 3.63) is 119 Å². The average Bonchev–Trinajstić information content (AvgIpc) is 3.59. The summed E-state index contributed by atoms with van der Waals surface area (Å²) in [6, 6.07) is 35.7. The lowest BCUT2D eigenvalue weighted by molar-refractivity contribution is 1.24. The number of rotatable bonds is 0. The summed E-state index contributed by atoms with van der Waals surface area (Å²) in [5, 5.41) is 3.90. The van der Waals surface area contributed by atoms with Crippen LogP contribution in [-0.2, 0) is 12.8 Å². The molecule has 2 nitrogen and oxygen atoms in total. The molecule has 2 aliphatic rings. The first-order valence-corrected chi connectivity index (χ1v) is 12.3. The number of hydrogen-bond acceptors (Lipinski definition) is 1. The zero-order valence-electron chi connectivity index (χ0n) is 19.0. The van der Waals surface area contributed by atoms with Crippen LogP contribution in [0.5, 0.6) is 0 Å². The van der Waals surface area contributed by atoms with E-state index < -0.39 is 0 Å². The van der Waals surface area contributed by atoms with E-state index in [9.17, 15) is 0 Å². The molecule has 2 heteroatoms. The molecule has 0 N–H and O–H groups in total. The second-order valence-electron chi connectivity index (χ2n) is 9.94. The van der Waals surface area contributed by atoms with E-state index in [0.717, 1.165) is 24.0 Å². The van der Waals surface area contributed by atoms with E-state index in [-0.39, 0.29) is 0 Å². The Morgan fingerprint density at radius 3 is 2.23 bits per heavy atom. The quantitative estimate of drug-likeness (QED) is 0.217. The van der Waals surface area contributed by atoms with E-state index in [0.29, 0.717) is 0 Å². The van der Waals surface area contributed by atoms with Crippen LogP contribution in [0, 0.1) is 0 Å². The molecule has 0 aliphatic heterocycles. The molecule has 0 radical (unpaired) electrons. The molecule has 162 valence electrons. The van der Waals surface area contributed by atoms with Crippen LogP contribution in [0.15, 0.2) is 97.1 Å². The minimum Gasteiger partial charge on any atom is -0.292 e. The highest BCUT2D eigenvalue weighted by Crippen LogP contribution is 2.51. The lowest BCUT2D eigenvalue weighted by Gasteiger charge is -2.14. The van der Waals surface area contributed by atoms with Crippen molar-refractivity contribution in [2.75, 3.05) is 0 Å². The lowest BCUT2D eigenvalue weighted by Crippen LogP contribution is -1.94.